The zero-order valence-electron chi connectivity index (χ0n) is 13.3. The zero-order chi connectivity index (χ0) is 16.7. The largest absolute Gasteiger partial charge is 0.497 e. The maximum Gasteiger partial charge on any atom is 0.315 e. The molecule has 7 heteroatoms. The number of aromatic nitrogens is 2. The third kappa shape index (κ3) is 5.00. The predicted octanol–water partition coefficient (Wildman–Crippen LogP) is 1.31. The highest BCUT2D eigenvalue weighted by Crippen LogP contribution is 2.14. The molecule has 0 radical (unpaired) electrons. The van der Waals surface area contributed by atoms with Crippen LogP contribution in [-0.4, -0.2) is 41.2 Å². The minimum Gasteiger partial charge on any atom is -0.497 e. The maximum atomic E-state index is 11.6. The number of carbonyl (C=O) groups excluding carboxylic acids is 1. The molecule has 0 aliphatic carbocycles. The van der Waals surface area contributed by atoms with Gasteiger partial charge in [0.15, 0.2) is 0 Å². The quantitative estimate of drug-likeness (QED) is 0.718. The molecule has 0 aliphatic rings. The van der Waals surface area contributed by atoms with E-state index in [4.69, 9.17) is 9.84 Å². The van der Waals surface area contributed by atoms with Gasteiger partial charge in [0.05, 0.1) is 25.0 Å². The third-order valence-electron chi connectivity index (χ3n) is 3.33. The molecule has 0 saturated carbocycles. The van der Waals surface area contributed by atoms with Crippen LogP contribution in [0.5, 0.6) is 5.75 Å². The van der Waals surface area contributed by atoms with Crippen molar-refractivity contribution >= 4 is 6.03 Å². The number of urea groups is 1. The summed E-state index contributed by atoms with van der Waals surface area (Å²) in [5.74, 6) is 0.826. The van der Waals surface area contributed by atoms with Crippen LogP contribution in [0, 0.1) is 5.92 Å². The van der Waals surface area contributed by atoms with Gasteiger partial charge >= 0.3 is 6.03 Å². The number of nitrogens with one attached hydrogen (secondary N) is 2. The molecular formula is C16H22N4O3. The van der Waals surface area contributed by atoms with E-state index in [2.05, 4.69) is 15.7 Å². The number of aliphatic hydroxyl groups excluding tert-OH is 1. The van der Waals surface area contributed by atoms with Crippen molar-refractivity contribution in [3.63, 3.8) is 0 Å². The fraction of sp³-hybridized carbons (Fsp3) is 0.375. The van der Waals surface area contributed by atoms with Gasteiger partial charge in [-0.2, -0.15) is 5.10 Å². The van der Waals surface area contributed by atoms with Gasteiger partial charge in [0, 0.05) is 19.3 Å². The number of carbonyl (C=O) groups is 1. The molecule has 1 heterocycles. The van der Waals surface area contributed by atoms with Crippen molar-refractivity contribution in [2.24, 2.45) is 5.92 Å². The molecule has 124 valence electrons. The Hall–Kier alpha value is -2.54. The SMILES string of the molecule is COc1ccc(-n2ccc(CNC(=O)NCC(C)CO)n2)cc1. The number of hydrogen-bond donors (Lipinski definition) is 3. The summed E-state index contributed by atoms with van der Waals surface area (Å²) in [6.07, 6.45) is 1.84. The number of rotatable bonds is 7. The number of benzene rings is 1. The Labute approximate surface area is 135 Å². The fourth-order valence-corrected chi connectivity index (χ4v) is 1.90. The van der Waals surface area contributed by atoms with Gasteiger partial charge in [-0.15, -0.1) is 0 Å². The van der Waals surface area contributed by atoms with Crippen molar-refractivity contribution < 1.29 is 14.6 Å². The normalized spacial score (nSPS) is 11.8. The zero-order valence-corrected chi connectivity index (χ0v) is 13.3. The van der Waals surface area contributed by atoms with Crippen molar-refractivity contribution in [2.75, 3.05) is 20.3 Å². The molecule has 7 nitrogen and oxygen atoms in total. The molecule has 1 unspecified atom stereocenters. The highest BCUT2D eigenvalue weighted by atomic mass is 16.5. The Balaban J connectivity index is 1.85. The van der Waals surface area contributed by atoms with Crippen molar-refractivity contribution in [3.05, 3.63) is 42.2 Å². The first-order valence-electron chi connectivity index (χ1n) is 7.44. The van der Waals surface area contributed by atoms with E-state index in [-0.39, 0.29) is 18.6 Å². The first-order chi connectivity index (χ1) is 11.1. The van der Waals surface area contributed by atoms with Crippen molar-refractivity contribution in [3.8, 4) is 11.4 Å². The molecule has 1 atom stereocenters. The van der Waals surface area contributed by atoms with Crippen LogP contribution < -0.4 is 15.4 Å². The topological polar surface area (TPSA) is 88.4 Å². The predicted molar refractivity (Wildman–Crippen MR) is 86.6 cm³/mol. The van der Waals surface area contributed by atoms with E-state index in [1.54, 1.807) is 11.8 Å². The van der Waals surface area contributed by atoms with E-state index < -0.39 is 0 Å². The van der Waals surface area contributed by atoms with Crippen molar-refractivity contribution in [1.29, 1.82) is 0 Å². The van der Waals surface area contributed by atoms with Crippen molar-refractivity contribution in [1.82, 2.24) is 20.4 Å². The van der Waals surface area contributed by atoms with Crippen LogP contribution in [0.2, 0.25) is 0 Å². The Morgan fingerprint density at radius 3 is 2.70 bits per heavy atom. The van der Waals surface area contributed by atoms with Crippen LogP contribution in [0.25, 0.3) is 5.69 Å². The van der Waals surface area contributed by atoms with Gasteiger partial charge in [0.1, 0.15) is 5.75 Å². The molecule has 2 amide bonds. The monoisotopic (exact) mass is 318 g/mol. The number of aliphatic hydroxyl groups is 1. The summed E-state index contributed by atoms with van der Waals surface area (Å²) >= 11 is 0. The first kappa shape index (κ1) is 16.8. The molecule has 1 aromatic heterocycles. The van der Waals surface area contributed by atoms with Gasteiger partial charge in [-0.25, -0.2) is 9.48 Å². The summed E-state index contributed by atoms with van der Waals surface area (Å²) in [6, 6.07) is 9.12. The average Bonchev–Trinajstić information content (AvgIpc) is 3.06. The molecule has 3 N–H and O–H groups in total. The van der Waals surface area contributed by atoms with Crippen molar-refractivity contribution in [2.45, 2.75) is 13.5 Å². The lowest BCUT2D eigenvalue weighted by Gasteiger charge is -2.10. The van der Waals surface area contributed by atoms with Crippen LogP contribution in [-0.2, 0) is 6.54 Å². The molecule has 2 rings (SSSR count). The number of hydrogen-bond acceptors (Lipinski definition) is 4. The molecule has 0 fully saturated rings. The molecule has 0 bridgehead atoms. The summed E-state index contributed by atoms with van der Waals surface area (Å²) in [4.78, 5) is 11.6. The second-order valence-corrected chi connectivity index (χ2v) is 5.30. The molecule has 23 heavy (non-hydrogen) atoms. The summed E-state index contributed by atoms with van der Waals surface area (Å²) in [5, 5.41) is 18.8. The Bertz CT molecular complexity index is 625. The number of methoxy groups -OCH3 is 1. The van der Waals surface area contributed by atoms with E-state index in [0.29, 0.717) is 13.1 Å². The summed E-state index contributed by atoms with van der Waals surface area (Å²) in [5.41, 5.74) is 1.67. The minimum atomic E-state index is -0.274. The average molecular weight is 318 g/mol. The van der Waals surface area contributed by atoms with Crippen LogP contribution in [0.15, 0.2) is 36.5 Å². The van der Waals surface area contributed by atoms with E-state index >= 15 is 0 Å². The second kappa shape index (κ2) is 8.19. The summed E-state index contributed by atoms with van der Waals surface area (Å²) in [7, 11) is 1.62. The smallest absolute Gasteiger partial charge is 0.315 e. The van der Waals surface area contributed by atoms with Crippen LogP contribution in [0.4, 0.5) is 4.79 Å². The second-order valence-electron chi connectivity index (χ2n) is 5.30. The van der Waals surface area contributed by atoms with Gasteiger partial charge in [0.2, 0.25) is 0 Å². The minimum absolute atomic E-state index is 0.0371. The molecule has 2 aromatic rings. The molecule has 1 aromatic carbocycles. The van der Waals surface area contributed by atoms with E-state index in [1.807, 2.05) is 43.5 Å². The number of ether oxygens (including phenoxy) is 1. The molecule has 0 aliphatic heterocycles. The van der Waals surface area contributed by atoms with E-state index in [1.165, 1.54) is 0 Å². The van der Waals surface area contributed by atoms with E-state index in [0.717, 1.165) is 17.1 Å². The maximum absolute atomic E-state index is 11.6. The lowest BCUT2D eigenvalue weighted by atomic mass is 10.2. The van der Waals surface area contributed by atoms with Gasteiger partial charge in [-0.05, 0) is 36.2 Å². The third-order valence-corrected chi connectivity index (χ3v) is 3.33. The van der Waals surface area contributed by atoms with Crippen LogP contribution in [0.1, 0.15) is 12.6 Å². The molecule has 0 saturated heterocycles. The Morgan fingerprint density at radius 1 is 1.30 bits per heavy atom. The standard InChI is InChI=1S/C16H22N4O3/c1-12(11-21)9-17-16(22)18-10-13-7-8-20(19-13)14-3-5-15(23-2)6-4-14/h3-8,12,21H,9-11H2,1-2H3,(H2,17,18,22). The molecular weight excluding hydrogens is 296 g/mol. The Kier molecular flexibility index (Phi) is 5.99. The fourth-order valence-electron chi connectivity index (χ4n) is 1.90. The first-order valence-corrected chi connectivity index (χ1v) is 7.44. The lowest BCUT2D eigenvalue weighted by molar-refractivity contribution is 0.221. The molecule has 0 spiro atoms. The number of amides is 2. The summed E-state index contributed by atoms with van der Waals surface area (Å²) in [6.45, 7) is 2.68. The van der Waals surface area contributed by atoms with Gasteiger partial charge in [0.25, 0.3) is 0 Å². The lowest BCUT2D eigenvalue weighted by Crippen LogP contribution is -2.38. The highest BCUT2D eigenvalue weighted by molar-refractivity contribution is 5.73. The van der Waals surface area contributed by atoms with Crippen LogP contribution in [0.3, 0.4) is 0 Å². The van der Waals surface area contributed by atoms with Gasteiger partial charge in [-0.1, -0.05) is 6.92 Å². The highest BCUT2D eigenvalue weighted by Gasteiger charge is 2.06. The van der Waals surface area contributed by atoms with E-state index in [9.17, 15) is 4.79 Å². The summed E-state index contributed by atoms with van der Waals surface area (Å²) < 4.78 is 6.86. The number of nitrogens with zero attached hydrogens (tertiary/aromatic N) is 2. The van der Waals surface area contributed by atoms with Gasteiger partial charge in [-0.3, -0.25) is 0 Å². The van der Waals surface area contributed by atoms with Gasteiger partial charge < -0.3 is 20.5 Å². The van der Waals surface area contributed by atoms with Crippen LogP contribution >= 0.6 is 0 Å². The Morgan fingerprint density at radius 2 is 2.04 bits per heavy atom.